The lowest BCUT2D eigenvalue weighted by atomic mass is 9.98. The number of piperazine rings is 1. The largest absolute Gasteiger partial charge is 0.465 e. The van der Waals surface area contributed by atoms with Crippen LogP contribution in [-0.4, -0.2) is 94.9 Å². The molecule has 0 radical (unpaired) electrons. The van der Waals surface area contributed by atoms with E-state index < -0.39 is 31.9 Å². The first-order valence-corrected chi connectivity index (χ1v) is 13.6. The average Bonchev–Trinajstić information content (AvgIpc) is 3.06. The number of hydrogen-bond donors (Lipinski definition) is 0. The maximum atomic E-state index is 13.3. The molecule has 2 aliphatic rings. The van der Waals surface area contributed by atoms with E-state index in [2.05, 4.69) is 0 Å². The standard InChI is InChI=1S/C19H29N3O8S2/c1-13-16(19(24)29-3)17(14(2)30-13)32(27,28)21-10-8-20(9-11-21)18(23)15-6-5-7-22(12-15)31(4,25)26/h15H,5-12H2,1-4H3. The van der Waals surface area contributed by atoms with Gasteiger partial charge in [-0.2, -0.15) is 4.31 Å². The van der Waals surface area contributed by atoms with Crippen molar-refractivity contribution in [2.24, 2.45) is 5.92 Å². The lowest BCUT2D eigenvalue weighted by Crippen LogP contribution is -2.54. The van der Waals surface area contributed by atoms with E-state index in [0.717, 1.165) is 6.26 Å². The molecule has 0 spiro atoms. The molecule has 3 rings (SSSR count). The summed E-state index contributed by atoms with van der Waals surface area (Å²) < 4.78 is 62.9. The van der Waals surface area contributed by atoms with Crippen LogP contribution in [0.25, 0.3) is 0 Å². The average molecular weight is 492 g/mol. The van der Waals surface area contributed by atoms with Crippen molar-refractivity contribution in [1.29, 1.82) is 0 Å². The summed E-state index contributed by atoms with van der Waals surface area (Å²) in [4.78, 5) is 26.5. The van der Waals surface area contributed by atoms with Crippen molar-refractivity contribution in [2.75, 3.05) is 52.6 Å². The summed E-state index contributed by atoms with van der Waals surface area (Å²) in [7, 11) is -6.25. The Labute approximate surface area is 188 Å². The number of aryl methyl sites for hydroxylation is 2. The van der Waals surface area contributed by atoms with Gasteiger partial charge in [-0.05, 0) is 26.7 Å². The fourth-order valence-corrected chi connectivity index (χ4v) is 7.00. The molecule has 2 fully saturated rings. The zero-order chi connectivity index (χ0) is 23.8. The summed E-state index contributed by atoms with van der Waals surface area (Å²) in [5.41, 5.74) is -0.119. The van der Waals surface area contributed by atoms with Gasteiger partial charge in [0.15, 0.2) is 0 Å². The smallest absolute Gasteiger partial charge is 0.342 e. The normalized spacial score (nSPS) is 21.5. The van der Waals surface area contributed by atoms with Crippen LogP contribution < -0.4 is 0 Å². The number of hydrogen-bond acceptors (Lipinski definition) is 8. The van der Waals surface area contributed by atoms with Crippen LogP contribution in [0.5, 0.6) is 0 Å². The first kappa shape index (κ1) is 24.7. The minimum absolute atomic E-state index is 0.0564. The van der Waals surface area contributed by atoms with Crippen LogP contribution in [-0.2, 0) is 29.6 Å². The Morgan fingerprint density at radius 2 is 1.59 bits per heavy atom. The van der Waals surface area contributed by atoms with E-state index >= 15 is 0 Å². The van der Waals surface area contributed by atoms with Crippen LogP contribution in [0.15, 0.2) is 9.31 Å². The second kappa shape index (κ2) is 9.12. The van der Waals surface area contributed by atoms with E-state index in [-0.39, 0.29) is 60.6 Å². The third-order valence-corrected chi connectivity index (χ3v) is 9.27. The molecule has 13 heteroatoms. The lowest BCUT2D eigenvalue weighted by Gasteiger charge is -2.38. The fraction of sp³-hybridized carbons (Fsp3) is 0.684. The highest BCUT2D eigenvalue weighted by Gasteiger charge is 2.39. The predicted molar refractivity (Wildman–Crippen MR) is 114 cm³/mol. The summed E-state index contributed by atoms with van der Waals surface area (Å²) in [5.74, 6) is -1.13. The highest BCUT2D eigenvalue weighted by atomic mass is 32.2. The van der Waals surface area contributed by atoms with Crippen molar-refractivity contribution in [1.82, 2.24) is 13.5 Å². The van der Waals surface area contributed by atoms with Crippen molar-refractivity contribution in [2.45, 2.75) is 31.6 Å². The van der Waals surface area contributed by atoms with Gasteiger partial charge in [-0.1, -0.05) is 0 Å². The third-order valence-electron chi connectivity index (χ3n) is 5.95. The van der Waals surface area contributed by atoms with Gasteiger partial charge < -0.3 is 14.1 Å². The van der Waals surface area contributed by atoms with Gasteiger partial charge in [0, 0.05) is 39.3 Å². The number of sulfonamides is 2. The number of rotatable bonds is 5. The molecule has 1 atom stereocenters. The van der Waals surface area contributed by atoms with E-state index in [4.69, 9.17) is 9.15 Å². The highest BCUT2D eigenvalue weighted by Crippen LogP contribution is 2.31. The molecule has 11 nitrogen and oxygen atoms in total. The first-order chi connectivity index (χ1) is 14.9. The molecule has 1 amide bonds. The Hall–Kier alpha value is -1.96. The molecule has 3 heterocycles. The summed E-state index contributed by atoms with van der Waals surface area (Å²) in [6, 6.07) is 0. The minimum Gasteiger partial charge on any atom is -0.465 e. The molecule has 0 bridgehead atoms. The molecule has 180 valence electrons. The Bertz CT molecular complexity index is 1100. The number of amides is 1. The minimum atomic E-state index is -4.05. The van der Waals surface area contributed by atoms with Gasteiger partial charge >= 0.3 is 5.97 Å². The van der Waals surface area contributed by atoms with Crippen LogP contribution >= 0.6 is 0 Å². The number of carbonyl (C=O) groups excluding carboxylic acids is 2. The Morgan fingerprint density at radius 3 is 2.16 bits per heavy atom. The number of methoxy groups -OCH3 is 1. The molecule has 32 heavy (non-hydrogen) atoms. The van der Waals surface area contributed by atoms with Gasteiger partial charge in [0.1, 0.15) is 22.0 Å². The molecule has 0 N–H and O–H groups in total. The van der Waals surface area contributed by atoms with Crippen LogP contribution in [0, 0.1) is 19.8 Å². The van der Waals surface area contributed by atoms with Crippen molar-refractivity contribution in [3.8, 4) is 0 Å². The van der Waals surface area contributed by atoms with Gasteiger partial charge in [0.2, 0.25) is 26.0 Å². The maximum Gasteiger partial charge on any atom is 0.342 e. The molecule has 0 aliphatic carbocycles. The van der Waals surface area contributed by atoms with Crippen LogP contribution in [0.2, 0.25) is 0 Å². The predicted octanol–water partition coefficient (Wildman–Crippen LogP) is 0.188. The quantitative estimate of drug-likeness (QED) is 0.533. The maximum absolute atomic E-state index is 13.3. The van der Waals surface area contributed by atoms with Gasteiger partial charge in [0.25, 0.3) is 0 Å². The Kier molecular flexibility index (Phi) is 7.03. The number of nitrogens with zero attached hydrogens (tertiary/aromatic N) is 3. The van der Waals surface area contributed by atoms with Gasteiger partial charge in [-0.3, -0.25) is 4.79 Å². The SMILES string of the molecule is COC(=O)c1c(C)oc(C)c1S(=O)(=O)N1CCN(C(=O)C2CCCN(S(C)(=O)=O)C2)CC1. The summed E-state index contributed by atoms with van der Waals surface area (Å²) >= 11 is 0. The first-order valence-electron chi connectivity index (χ1n) is 10.3. The summed E-state index contributed by atoms with van der Waals surface area (Å²) in [6.45, 7) is 3.99. The fourth-order valence-electron chi connectivity index (χ4n) is 4.29. The molecule has 1 aromatic rings. The van der Waals surface area contributed by atoms with Crippen molar-refractivity contribution in [3.63, 3.8) is 0 Å². The second-order valence-electron chi connectivity index (χ2n) is 8.10. The monoisotopic (exact) mass is 491 g/mol. The summed E-state index contributed by atoms with van der Waals surface area (Å²) in [6.07, 6.45) is 2.33. The topological polar surface area (TPSA) is 135 Å². The molecule has 0 aromatic carbocycles. The highest BCUT2D eigenvalue weighted by molar-refractivity contribution is 7.89. The van der Waals surface area contributed by atoms with E-state index in [1.165, 1.54) is 29.6 Å². The van der Waals surface area contributed by atoms with Crippen LogP contribution in [0.1, 0.15) is 34.7 Å². The molecular weight excluding hydrogens is 462 g/mol. The zero-order valence-electron chi connectivity index (χ0n) is 18.7. The Balaban J connectivity index is 1.72. The number of piperidine rings is 1. The zero-order valence-corrected chi connectivity index (χ0v) is 20.3. The molecule has 2 saturated heterocycles. The van der Waals surface area contributed by atoms with E-state index in [1.807, 2.05) is 0 Å². The lowest BCUT2D eigenvalue weighted by molar-refractivity contribution is -0.137. The van der Waals surface area contributed by atoms with Crippen LogP contribution in [0.4, 0.5) is 0 Å². The van der Waals surface area contributed by atoms with Gasteiger partial charge in [0.05, 0.1) is 19.3 Å². The van der Waals surface area contributed by atoms with Crippen molar-refractivity contribution >= 4 is 31.9 Å². The van der Waals surface area contributed by atoms with E-state index in [9.17, 15) is 26.4 Å². The molecule has 1 unspecified atom stereocenters. The summed E-state index contributed by atoms with van der Waals surface area (Å²) in [5, 5.41) is 0. The van der Waals surface area contributed by atoms with E-state index in [0.29, 0.717) is 19.4 Å². The molecule has 0 saturated carbocycles. The van der Waals surface area contributed by atoms with Gasteiger partial charge in [-0.25, -0.2) is 25.9 Å². The van der Waals surface area contributed by atoms with Gasteiger partial charge in [-0.15, -0.1) is 0 Å². The Morgan fingerprint density at radius 1 is 0.969 bits per heavy atom. The third kappa shape index (κ3) is 4.70. The second-order valence-corrected chi connectivity index (χ2v) is 12.0. The number of ether oxygens (including phenoxy) is 1. The van der Waals surface area contributed by atoms with E-state index in [1.54, 1.807) is 4.90 Å². The van der Waals surface area contributed by atoms with Crippen molar-refractivity contribution < 1.29 is 35.6 Å². The van der Waals surface area contributed by atoms with Crippen LogP contribution in [0.3, 0.4) is 0 Å². The van der Waals surface area contributed by atoms with Crippen molar-refractivity contribution in [3.05, 3.63) is 17.1 Å². The molecule has 2 aliphatic heterocycles. The number of carbonyl (C=O) groups is 2. The number of furan rings is 1. The molecule has 1 aromatic heterocycles. The number of esters is 1. The molecular formula is C19H29N3O8S2.